The zero-order valence-corrected chi connectivity index (χ0v) is 16.4. The number of nitrogens with one attached hydrogen (secondary N) is 1. The van der Waals surface area contributed by atoms with E-state index in [4.69, 9.17) is 11.6 Å². The van der Waals surface area contributed by atoms with Gasteiger partial charge in [-0.05, 0) is 50.3 Å². The van der Waals surface area contributed by atoms with E-state index in [1.54, 1.807) is 17.0 Å². The summed E-state index contributed by atoms with van der Waals surface area (Å²) in [7, 11) is 3.92. The van der Waals surface area contributed by atoms with Crippen LogP contribution in [0.3, 0.4) is 0 Å². The number of benzene rings is 2. The number of carbonyl (C=O) groups is 2. The molecule has 2 amide bonds. The van der Waals surface area contributed by atoms with E-state index in [-0.39, 0.29) is 17.9 Å². The molecule has 5 nitrogen and oxygen atoms in total. The molecule has 0 bridgehead atoms. The van der Waals surface area contributed by atoms with Gasteiger partial charge in [0.2, 0.25) is 5.91 Å². The summed E-state index contributed by atoms with van der Waals surface area (Å²) in [5, 5.41) is 3.67. The van der Waals surface area contributed by atoms with Gasteiger partial charge in [-0.1, -0.05) is 35.9 Å². The molecule has 0 radical (unpaired) electrons. The van der Waals surface area contributed by atoms with Gasteiger partial charge in [0.1, 0.15) is 0 Å². The van der Waals surface area contributed by atoms with Crippen LogP contribution in [-0.4, -0.2) is 43.9 Å². The van der Waals surface area contributed by atoms with Crippen molar-refractivity contribution in [1.29, 1.82) is 0 Å². The summed E-state index contributed by atoms with van der Waals surface area (Å²) < 4.78 is 0. The average molecular weight is 386 g/mol. The van der Waals surface area contributed by atoms with Crippen molar-refractivity contribution in [3.63, 3.8) is 0 Å². The van der Waals surface area contributed by atoms with Gasteiger partial charge in [-0.15, -0.1) is 0 Å². The number of hydrogen-bond donors (Lipinski definition) is 1. The number of hydrogen-bond acceptors (Lipinski definition) is 3. The van der Waals surface area contributed by atoms with E-state index in [9.17, 15) is 9.59 Å². The fourth-order valence-electron chi connectivity index (χ4n) is 3.34. The molecule has 0 aliphatic carbocycles. The Morgan fingerprint density at radius 3 is 2.67 bits per heavy atom. The minimum atomic E-state index is -0.164. The predicted octanol–water partition coefficient (Wildman–Crippen LogP) is 3.50. The lowest BCUT2D eigenvalue weighted by Crippen LogP contribution is -2.34. The molecule has 3 rings (SSSR count). The van der Waals surface area contributed by atoms with Crippen molar-refractivity contribution in [1.82, 2.24) is 10.2 Å². The molecule has 0 aromatic heterocycles. The first-order valence-electron chi connectivity index (χ1n) is 9.07. The maximum absolute atomic E-state index is 12.7. The molecule has 2 aromatic rings. The van der Waals surface area contributed by atoms with Crippen molar-refractivity contribution in [2.24, 2.45) is 0 Å². The number of anilines is 1. The summed E-state index contributed by atoms with van der Waals surface area (Å²) in [6, 6.07) is 14.8. The standard InChI is InChI=1S/C21H24ClN3O2/c1-24(2)19(17-9-3-4-10-18(17)22)14-23-21(27)15-7-5-8-16(13-15)25-12-6-11-20(25)26/h3-5,7-10,13,19H,6,11-12,14H2,1-2H3,(H,23,27). The number of halogens is 1. The van der Waals surface area contributed by atoms with Crippen LogP contribution in [0.4, 0.5) is 5.69 Å². The van der Waals surface area contributed by atoms with Crippen molar-refractivity contribution in [3.8, 4) is 0 Å². The minimum absolute atomic E-state index is 0.0361. The van der Waals surface area contributed by atoms with Gasteiger partial charge in [-0.3, -0.25) is 9.59 Å². The van der Waals surface area contributed by atoms with E-state index in [0.717, 1.165) is 17.7 Å². The molecular weight excluding hydrogens is 362 g/mol. The SMILES string of the molecule is CN(C)C(CNC(=O)c1cccc(N2CCCC2=O)c1)c1ccccc1Cl. The third kappa shape index (κ3) is 4.49. The van der Waals surface area contributed by atoms with Crippen LogP contribution in [0.1, 0.15) is 34.8 Å². The quantitative estimate of drug-likeness (QED) is 0.828. The Bertz CT molecular complexity index is 838. The van der Waals surface area contributed by atoms with E-state index in [2.05, 4.69) is 5.32 Å². The number of rotatable bonds is 6. The van der Waals surface area contributed by atoms with Crippen LogP contribution < -0.4 is 10.2 Å². The van der Waals surface area contributed by atoms with Crippen molar-refractivity contribution < 1.29 is 9.59 Å². The second-order valence-electron chi connectivity index (χ2n) is 6.91. The first-order valence-corrected chi connectivity index (χ1v) is 9.44. The Morgan fingerprint density at radius 2 is 2.00 bits per heavy atom. The van der Waals surface area contributed by atoms with Crippen LogP contribution >= 0.6 is 11.6 Å². The number of carbonyl (C=O) groups excluding carboxylic acids is 2. The molecule has 1 fully saturated rings. The van der Waals surface area contributed by atoms with E-state index in [0.29, 0.717) is 30.1 Å². The predicted molar refractivity (Wildman–Crippen MR) is 108 cm³/mol. The van der Waals surface area contributed by atoms with E-state index >= 15 is 0 Å². The smallest absolute Gasteiger partial charge is 0.251 e. The molecule has 6 heteroatoms. The molecule has 0 saturated carbocycles. The molecule has 0 spiro atoms. The molecule has 27 heavy (non-hydrogen) atoms. The molecule has 1 aliphatic heterocycles. The van der Waals surface area contributed by atoms with Crippen molar-refractivity contribution in [2.75, 3.05) is 32.1 Å². The average Bonchev–Trinajstić information content (AvgIpc) is 3.09. The fourth-order valence-corrected chi connectivity index (χ4v) is 3.61. The second kappa shape index (κ2) is 8.55. The highest BCUT2D eigenvalue weighted by molar-refractivity contribution is 6.31. The molecule has 1 aliphatic rings. The maximum Gasteiger partial charge on any atom is 0.251 e. The van der Waals surface area contributed by atoms with Crippen LogP contribution in [0.2, 0.25) is 5.02 Å². The van der Waals surface area contributed by atoms with Crippen LogP contribution in [-0.2, 0) is 4.79 Å². The number of amides is 2. The molecule has 2 aromatic carbocycles. The fraction of sp³-hybridized carbons (Fsp3) is 0.333. The highest BCUT2D eigenvalue weighted by Gasteiger charge is 2.23. The van der Waals surface area contributed by atoms with E-state index in [1.807, 2.05) is 55.4 Å². The topological polar surface area (TPSA) is 52.7 Å². The lowest BCUT2D eigenvalue weighted by Gasteiger charge is -2.26. The van der Waals surface area contributed by atoms with Gasteiger partial charge in [0, 0.05) is 35.8 Å². The Labute approximate surface area is 164 Å². The lowest BCUT2D eigenvalue weighted by molar-refractivity contribution is -0.117. The van der Waals surface area contributed by atoms with Crippen molar-refractivity contribution in [2.45, 2.75) is 18.9 Å². The summed E-state index contributed by atoms with van der Waals surface area (Å²) in [5.41, 5.74) is 2.30. The van der Waals surface area contributed by atoms with Crippen LogP contribution in [0.15, 0.2) is 48.5 Å². The van der Waals surface area contributed by atoms with Crippen molar-refractivity contribution in [3.05, 3.63) is 64.7 Å². The van der Waals surface area contributed by atoms with E-state index in [1.165, 1.54) is 0 Å². The zero-order valence-electron chi connectivity index (χ0n) is 15.6. The summed E-state index contributed by atoms with van der Waals surface area (Å²) in [4.78, 5) is 28.4. The van der Waals surface area contributed by atoms with Gasteiger partial charge in [0.05, 0.1) is 6.04 Å². The van der Waals surface area contributed by atoms with Crippen LogP contribution in [0.5, 0.6) is 0 Å². The van der Waals surface area contributed by atoms with Gasteiger partial charge in [0.25, 0.3) is 5.91 Å². The Balaban J connectivity index is 1.71. The number of likely N-dealkylation sites (N-methyl/N-ethyl adjacent to an activating group) is 1. The largest absolute Gasteiger partial charge is 0.350 e. The third-order valence-corrected chi connectivity index (χ3v) is 5.18. The third-order valence-electron chi connectivity index (χ3n) is 4.84. The van der Waals surface area contributed by atoms with Gasteiger partial charge >= 0.3 is 0 Å². The summed E-state index contributed by atoms with van der Waals surface area (Å²) in [6.45, 7) is 1.14. The van der Waals surface area contributed by atoms with Crippen LogP contribution in [0, 0.1) is 0 Å². The Morgan fingerprint density at radius 1 is 1.22 bits per heavy atom. The van der Waals surface area contributed by atoms with Gasteiger partial charge in [0.15, 0.2) is 0 Å². The van der Waals surface area contributed by atoms with Gasteiger partial charge < -0.3 is 15.1 Å². The number of nitrogens with zero attached hydrogens (tertiary/aromatic N) is 2. The minimum Gasteiger partial charge on any atom is -0.350 e. The van der Waals surface area contributed by atoms with Gasteiger partial charge in [-0.25, -0.2) is 0 Å². The first kappa shape index (κ1) is 19.4. The summed E-state index contributed by atoms with van der Waals surface area (Å²) in [6.07, 6.45) is 1.43. The molecule has 1 saturated heterocycles. The molecule has 1 N–H and O–H groups in total. The summed E-state index contributed by atoms with van der Waals surface area (Å²) in [5.74, 6) is -0.0543. The first-order chi connectivity index (χ1) is 13.0. The van der Waals surface area contributed by atoms with Gasteiger partial charge in [-0.2, -0.15) is 0 Å². The van der Waals surface area contributed by atoms with Crippen LogP contribution in [0.25, 0.3) is 0 Å². The van der Waals surface area contributed by atoms with E-state index < -0.39 is 0 Å². The molecule has 142 valence electrons. The Kier molecular flexibility index (Phi) is 6.14. The normalized spacial score (nSPS) is 15.3. The lowest BCUT2D eigenvalue weighted by atomic mass is 10.1. The molecule has 1 heterocycles. The summed E-state index contributed by atoms with van der Waals surface area (Å²) >= 11 is 6.33. The second-order valence-corrected chi connectivity index (χ2v) is 7.32. The molecule has 1 atom stereocenters. The zero-order chi connectivity index (χ0) is 19.4. The monoisotopic (exact) mass is 385 g/mol. The Hall–Kier alpha value is -2.37. The molecular formula is C21H24ClN3O2. The van der Waals surface area contributed by atoms with Crippen molar-refractivity contribution >= 4 is 29.1 Å². The molecule has 1 unspecified atom stereocenters. The highest BCUT2D eigenvalue weighted by atomic mass is 35.5. The maximum atomic E-state index is 12.7. The highest BCUT2D eigenvalue weighted by Crippen LogP contribution is 2.26.